The molecular formula is C13H20N2O4. The fourth-order valence-corrected chi connectivity index (χ4v) is 2.11. The minimum atomic E-state index is -0.928. The molecule has 6 nitrogen and oxygen atoms in total. The summed E-state index contributed by atoms with van der Waals surface area (Å²) in [6.07, 6.45) is -0.121. The SMILES string of the molecule is COCC(C)Cn1c(C)c(CC(=O)O)c(C)nc1=O. The zero-order chi connectivity index (χ0) is 14.6. The highest BCUT2D eigenvalue weighted by atomic mass is 16.5. The number of carbonyl (C=O) groups is 1. The first kappa shape index (κ1) is 15.4. The third kappa shape index (κ3) is 3.89. The molecule has 0 aromatic carbocycles. The molecule has 1 unspecified atom stereocenters. The summed E-state index contributed by atoms with van der Waals surface area (Å²) in [4.78, 5) is 26.7. The van der Waals surface area contributed by atoms with Crippen molar-refractivity contribution in [3.63, 3.8) is 0 Å². The quantitative estimate of drug-likeness (QED) is 0.824. The fraction of sp³-hybridized carbons (Fsp3) is 0.615. The second kappa shape index (κ2) is 6.47. The molecule has 106 valence electrons. The summed E-state index contributed by atoms with van der Waals surface area (Å²) < 4.78 is 6.57. The van der Waals surface area contributed by atoms with Crippen molar-refractivity contribution in [3.05, 3.63) is 27.4 Å². The van der Waals surface area contributed by atoms with Crippen molar-refractivity contribution >= 4 is 5.97 Å². The van der Waals surface area contributed by atoms with E-state index in [-0.39, 0.29) is 18.0 Å². The summed E-state index contributed by atoms with van der Waals surface area (Å²) >= 11 is 0. The number of nitrogens with zero attached hydrogens (tertiary/aromatic N) is 2. The zero-order valence-electron chi connectivity index (χ0n) is 11.8. The number of aliphatic carboxylic acids is 1. The average Bonchev–Trinajstić information content (AvgIpc) is 2.30. The maximum absolute atomic E-state index is 11.9. The molecule has 0 spiro atoms. The van der Waals surface area contributed by atoms with Crippen LogP contribution >= 0.6 is 0 Å². The fourth-order valence-electron chi connectivity index (χ4n) is 2.11. The van der Waals surface area contributed by atoms with Crippen LogP contribution in [0.15, 0.2) is 4.79 Å². The lowest BCUT2D eigenvalue weighted by Crippen LogP contribution is -2.31. The van der Waals surface area contributed by atoms with Crippen LogP contribution in [0.1, 0.15) is 23.9 Å². The molecule has 0 bridgehead atoms. The summed E-state index contributed by atoms with van der Waals surface area (Å²) in [5.74, 6) is -0.772. The van der Waals surface area contributed by atoms with Crippen molar-refractivity contribution in [2.24, 2.45) is 5.92 Å². The van der Waals surface area contributed by atoms with Crippen LogP contribution in [0.5, 0.6) is 0 Å². The first-order chi connectivity index (χ1) is 8.86. The van der Waals surface area contributed by atoms with Crippen molar-refractivity contribution in [2.45, 2.75) is 33.7 Å². The maximum Gasteiger partial charge on any atom is 0.347 e. The van der Waals surface area contributed by atoms with E-state index in [1.165, 1.54) is 4.57 Å². The Bertz CT molecular complexity index is 522. The standard InChI is InChI=1S/C13H20N2O4/c1-8(7-19-4)6-15-10(3)11(5-12(16)17)9(2)14-13(15)18/h8H,5-7H2,1-4H3,(H,16,17). The monoisotopic (exact) mass is 268 g/mol. The number of carboxylic acid groups (broad SMARTS) is 1. The number of rotatable bonds is 6. The Balaban J connectivity index is 3.17. The maximum atomic E-state index is 11.9. The van der Waals surface area contributed by atoms with Crippen LogP contribution < -0.4 is 5.69 Å². The zero-order valence-corrected chi connectivity index (χ0v) is 11.8. The Kier molecular flexibility index (Phi) is 5.23. The van der Waals surface area contributed by atoms with Gasteiger partial charge in [-0.2, -0.15) is 4.98 Å². The third-order valence-corrected chi connectivity index (χ3v) is 3.05. The van der Waals surface area contributed by atoms with E-state index in [2.05, 4.69) is 4.98 Å². The van der Waals surface area contributed by atoms with Crippen molar-refractivity contribution < 1.29 is 14.6 Å². The third-order valence-electron chi connectivity index (χ3n) is 3.05. The first-order valence-electron chi connectivity index (χ1n) is 6.14. The number of ether oxygens (including phenoxy) is 1. The normalized spacial score (nSPS) is 12.4. The van der Waals surface area contributed by atoms with Gasteiger partial charge in [0.15, 0.2) is 0 Å². The van der Waals surface area contributed by atoms with E-state index < -0.39 is 5.97 Å². The summed E-state index contributed by atoms with van der Waals surface area (Å²) in [6.45, 7) is 6.39. The lowest BCUT2D eigenvalue weighted by Gasteiger charge is -2.17. The average molecular weight is 268 g/mol. The number of carboxylic acids is 1. The number of hydrogen-bond acceptors (Lipinski definition) is 4. The minimum absolute atomic E-state index is 0.121. The second-order valence-corrected chi connectivity index (χ2v) is 4.79. The van der Waals surface area contributed by atoms with Gasteiger partial charge in [0.05, 0.1) is 13.0 Å². The number of aromatic nitrogens is 2. The van der Waals surface area contributed by atoms with Crippen LogP contribution in [0.4, 0.5) is 0 Å². The van der Waals surface area contributed by atoms with E-state index in [0.717, 1.165) is 0 Å². The Morgan fingerprint density at radius 1 is 1.47 bits per heavy atom. The minimum Gasteiger partial charge on any atom is -0.481 e. The van der Waals surface area contributed by atoms with E-state index in [4.69, 9.17) is 9.84 Å². The molecule has 0 saturated carbocycles. The van der Waals surface area contributed by atoms with Crippen LogP contribution in [0.3, 0.4) is 0 Å². The van der Waals surface area contributed by atoms with Gasteiger partial charge in [0.1, 0.15) is 0 Å². The van der Waals surface area contributed by atoms with Gasteiger partial charge in [-0.3, -0.25) is 9.36 Å². The van der Waals surface area contributed by atoms with Gasteiger partial charge < -0.3 is 9.84 Å². The van der Waals surface area contributed by atoms with Crippen molar-refractivity contribution in [2.75, 3.05) is 13.7 Å². The van der Waals surface area contributed by atoms with Crippen molar-refractivity contribution in [1.82, 2.24) is 9.55 Å². The molecule has 1 aromatic heterocycles. The number of methoxy groups -OCH3 is 1. The molecule has 0 saturated heterocycles. The molecule has 0 aliphatic carbocycles. The van der Waals surface area contributed by atoms with Crippen LogP contribution in [-0.2, 0) is 22.5 Å². The molecule has 19 heavy (non-hydrogen) atoms. The Hall–Kier alpha value is -1.69. The lowest BCUT2D eigenvalue weighted by molar-refractivity contribution is -0.136. The first-order valence-corrected chi connectivity index (χ1v) is 6.14. The molecule has 1 atom stereocenters. The van der Waals surface area contributed by atoms with Gasteiger partial charge in [0.25, 0.3) is 0 Å². The van der Waals surface area contributed by atoms with Crippen LogP contribution in [0.2, 0.25) is 0 Å². The van der Waals surface area contributed by atoms with Gasteiger partial charge in [0.2, 0.25) is 0 Å². The predicted molar refractivity (Wildman–Crippen MR) is 70.4 cm³/mol. The van der Waals surface area contributed by atoms with Crippen LogP contribution in [0, 0.1) is 19.8 Å². The molecule has 0 radical (unpaired) electrons. The van der Waals surface area contributed by atoms with Gasteiger partial charge in [-0.25, -0.2) is 4.79 Å². The Labute approximate surface area is 112 Å². The van der Waals surface area contributed by atoms with Gasteiger partial charge in [-0.15, -0.1) is 0 Å². The van der Waals surface area contributed by atoms with E-state index in [0.29, 0.717) is 30.1 Å². The number of aryl methyl sites for hydroxylation is 1. The van der Waals surface area contributed by atoms with E-state index >= 15 is 0 Å². The topological polar surface area (TPSA) is 81.4 Å². The molecule has 0 aliphatic rings. The smallest absolute Gasteiger partial charge is 0.347 e. The highest BCUT2D eigenvalue weighted by Gasteiger charge is 2.15. The van der Waals surface area contributed by atoms with Gasteiger partial charge in [0, 0.05) is 30.6 Å². The number of hydrogen-bond donors (Lipinski definition) is 1. The van der Waals surface area contributed by atoms with Gasteiger partial charge in [-0.05, 0) is 19.8 Å². The Morgan fingerprint density at radius 2 is 2.11 bits per heavy atom. The Morgan fingerprint density at radius 3 is 2.63 bits per heavy atom. The molecular weight excluding hydrogens is 248 g/mol. The molecule has 1 rings (SSSR count). The van der Waals surface area contributed by atoms with Crippen molar-refractivity contribution in [1.29, 1.82) is 0 Å². The van der Waals surface area contributed by atoms with Gasteiger partial charge in [-0.1, -0.05) is 6.92 Å². The summed E-state index contributed by atoms with van der Waals surface area (Å²) in [7, 11) is 1.61. The van der Waals surface area contributed by atoms with E-state index in [1.54, 1.807) is 21.0 Å². The molecule has 1 aromatic rings. The van der Waals surface area contributed by atoms with Gasteiger partial charge >= 0.3 is 11.7 Å². The highest BCUT2D eigenvalue weighted by Crippen LogP contribution is 2.12. The summed E-state index contributed by atoms with van der Waals surface area (Å²) in [5, 5.41) is 8.91. The molecule has 0 aliphatic heterocycles. The van der Waals surface area contributed by atoms with Crippen LogP contribution in [0.25, 0.3) is 0 Å². The molecule has 1 heterocycles. The van der Waals surface area contributed by atoms with Crippen molar-refractivity contribution in [3.8, 4) is 0 Å². The van der Waals surface area contributed by atoms with E-state index in [9.17, 15) is 9.59 Å². The second-order valence-electron chi connectivity index (χ2n) is 4.79. The largest absolute Gasteiger partial charge is 0.481 e. The van der Waals surface area contributed by atoms with Crippen LogP contribution in [-0.4, -0.2) is 34.3 Å². The predicted octanol–water partition coefficient (Wildman–Crippen LogP) is 0.770. The molecule has 0 fully saturated rings. The highest BCUT2D eigenvalue weighted by molar-refractivity contribution is 5.70. The molecule has 6 heteroatoms. The molecule has 0 amide bonds. The van der Waals surface area contributed by atoms with E-state index in [1.807, 2.05) is 6.92 Å². The molecule has 1 N–H and O–H groups in total. The lowest BCUT2D eigenvalue weighted by atomic mass is 10.1. The summed E-state index contributed by atoms with van der Waals surface area (Å²) in [5.41, 5.74) is 1.42. The summed E-state index contributed by atoms with van der Waals surface area (Å²) in [6, 6.07) is 0.